The summed E-state index contributed by atoms with van der Waals surface area (Å²) in [7, 11) is 0. The predicted molar refractivity (Wildman–Crippen MR) is 146 cm³/mol. The van der Waals surface area contributed by atoms with E-state index in [0.717, 1.165) is 18.7 Å². The number of rotatable bonds is 13. The molecule has 0 saturated carbocycles. The zero-order valence-corrected chi connectivity index (χ0v) is 22.3. The Labute approximate surface area is 220 Å². The first-order valence-corrected chi connectivity index (χ1v) is 12.9. The molecule has 1 aliphatic heterocycles. The normalized spacial score (nSPS) is 17.0. The lowest BCUT2D eigenvalue weighted by Crippen LogP contribution is -2.38. The van der Waals surface area contributed by atoms with Gasteiger partial charge in [-0.2, -0.15) is 0 Å². The van der Waals surface area contributed by atoms with Crippen LogP contribution >= 0.6 is 0 Å². The summed E-state index contributed by atoms with van der Waals surface area (Å²) in [5.74, 6) is 0.221. The van der Waals surface area contributed by atoms with Gasteiger partial charge in [0.1, 0.15) is 23.9 Å². The van der Waals surface area contributed by atoms with E-state index in [-0.39, 0.29) is 11.3 Å². The fraction of sp³-hybridized carbons (Fsp3) is 0.400. The molecule has 1 N–H and O–H groups in total. The van der Waals surface area contributed by atoms with Crippen molar-refractivity contribution in [3.05, 3.63) is 77.9 Å². The first-order valence-electron chi connectivity index (χ1n) is 12.9. The van der Waals surface area contributed by atoms with E-state index in [1.165, 1.54) is 0 Å². The molecule has 0 aromatic heterocycles. The van der Waals surface area contributed by atoms with Crippen molar-refractivity contribution >= 4 is 17.4 Å². The Morgan fingerprint density at radius 1 is 1.03 bits per heavy atom. The first-order chi connectivity index (χ1) is 17.8. The molecule has 1 amide bonds. The summed E-state index contributed by atoms with van der Waals surface area (Å²) in [6.45, 7) is 15.5. The number of carbonyl (C=O) groups excluding carboxylic acids is 2. The molecule has 7 nitrogen and oxygen atoms in total. The second kappa shape index (κ2) is 13.1. The quantitative estimate of drug-likeness (QED) is 0.177. The average Bonchev–Trinajstić information content (AvgIpc) is 3.16. The van der Waals surface area contributed by atoms with Crippen LogP contribution in [0.3, 0.4) is 0 Å². The van der Waals surface area contributed by atoms with E-state index < -0.39 is 17.7 Å². The number of aliphatic hydroxyl groups excluding tert-OH is 1. The highest BCUT2D eigenvalue weighted by Crippen LogP contribution is 2.40. The number of Topliss-reactive ketones (excluding diaryl/α,β-unsaturated/α-hetero) is 1. The van der Waals surface area contributed by atoms with E-state index in [1.807, 2.05) is 12.1 Å². The monoisotopic (exact) mass is 506 g/mol. The number of benzene rings is 2. The van der Waals surface area contributed by atoms with Gasteiger partial charge in [0.15, 0.2) is 0 Å². The topological polar surface area (TPSA) is 79.3 Å². The number of aliphatic hydroxyl groups is 1. The van der Waals surface area contributed by atoms with Gasteiger partial charge in [-0.05, 0) is 61.0 Å². The SMILES string of the molecule is C=CCOc1ccc(C2/C(=C(\O)c3ccc(OCC(C)C)cc3)C(=O)C(=O)N2CCN(CC)CC)cc1. The van der Waals surface area contributed by atoms with Crippen LogP contribution in [0.2, 0.25) is 0 Å². The molecular weight excluding hydrogens is 468 g/mol. The number of ketones is 1. The maximum Gasteiger partial charge on any atom is 0.295 e. The summed E-state index contributed by atoms with van der Waals surface area (Å²) in [4.78, 5) is 30.2. The average molecular weight is 507 g/mol. The molecule has 1 unspecified atom stereocenters. The van der Waals surface area contributed by atoms with Gasteiger partial charge in [0.05, 0.1) is 18.2 Å². The van der Waals surface area contributed by atoms with Gasteiger partial charge in [0.2, 0.25) is 0 Å². The van der Waals surface area contributed by atoms with Gasteiger partial charge in [-0.1, -0.05) is 52.5 Å². The van der Waals surface area contributed by atoms with E-state index in [9.17, 15) is 14.7 Å². The van der Waals surface area contributed by atoms with Crippen LogP contribution in [-0.4, -0.2) is 66.0 Å². The smallest absolute Gasteiger partial charge is 0.295 e. The third-order valence-electron chi connectivity index (χ3n) is 6.37. The highest BCUT2D eigenvalue weighted by atomic mass is 16.5. The predicted octanol–water partition coefficient (Wildman–Crippen LogP) is 5.05. The summed E-state index contributed by atoms with van der Waals surface area (Å²) in [6.07, 6.45) is 1.66. The van der Waals surface area contributed by atoms with Crippen LogP contribution in [0.5, 0.6) is 11.5 Å². The van der Waals surface area contributed by atoms with Crippen LogP contribution in [0.4, 0.5) is 0 Å². The van der Waals surface area contributed by atoms with Crippen molar-refractivity contribution in [1.82, 2.24) is 9.80 Å². The summed E-state index contributed by atoms with van der Waals surface area (Å²) < 4.78 is 11.3. The maximum absolute atomic E-state index is 13.3. The number of amides is 1. The van der Waals surface area contributed by atoms with Gasteiger partial charge in [-0.15, -0.1) is 0 Å². The largest absolute Gasteiger partial charge is 0.507 e. The third kappa shape index (κ3) is 6.80. The summed E-state index contributed by atoms with van der Waals surface area (Å²) >= 11 is 0. The fourth-order valence-corrected chi connectivity index (χ4v) is 4.28. The third-order valence-corrected chi connectivity index (χ3v) is 6.37. The fourth-order valence-electron chi connectivity index (χ4n) is 4.28. The lowest BCUT2D eigenvalue weighted by Gasteiger charge is -2.28. The van der Waals surface area contributed by atoms with Crippen LogP contribution in [0, 0.1) is 5.92 Å². The standard InChI is InChI=1S/C30H38N2O5/c1-6-19-36-24-13-9-22(10-14-24)27-26(29(34)30(35)32(27)18-17-31(7-2)8-3)28(33)23-11-15-25(16-12-23)37-20-21(4)5/h6,9-16,21,27,33H,1,7-8,17-20H2,2-5H3/b28-26+. The minimum atomic E-state index is -0.708. The number of hydrogen-bond acceptors (Lipinski definition) is 6. The number of nitrogens with zero attached hydrogens (tertiary/aromatic N) is 2. The van der Waals surface area contributed by atoms with Gasteiger partial charge < -0.3 is 24.4 Å². The van der Waals surface area contributed by atoms with Gasteiger partial charge in [0, 0.05) is 18.7 Å². The Bertz CT molecular complexity index is 1100. The molecule has 198 valence electrons. The van der Waals surface area contributed by atoms with Crippen molar-refractivity contribution in [2.75, 3.05) is 39.4 Å². The number of likely N-dealkylation sites (tertiary alicyclic amines) is 1. The van der Waals surface area contributed by atoms with Gasteiger partial charge in [-0.3, -0.25) is 9.59 Å². The summed E-state index contributed by atoms with van der Waals surface area (Å²) in [5.41, 5.74) is 1.26. The van der Waals surface area contributed by atoms with Crippen molar-refractivity contribution in [2.24, 2.45) is 5.92 Å². The van der Waals surface area contributed by atoms with Crippen molar-refractivity contribution in [2.45, 2.75) is 33.7 Å². The Hall–Kier alpha value is -3.58. The number of carbonyl (C=O) groups is 2. The van der Waals surface area contributed by atoms with Crippen LogP contribution in [-0.2, 0) is 9.59 Å². The molecule has 1 heterocycles. The van der Waals surface area contributed by atoms with Crippen LogP contribution in [0.1, 0.15) is 44.9 Å². The van der Waals surface area contributed by atoms with Crippen LogP contribution in [0.15, 0.2) is 66.8 Å². The molecule has 0 aliphatic carbocycles. The lowest BCUT2D eigenvalue weighted by molar-refractivity contribution is -0.140. The molecule has 0 spiro atoms. The second-order valence-electron chi connectivity index (χ2n) is 9.42. The van der Waals surface area contributed by atoms with Crippen LogP contribution in [0.25, 0.3) is 5.76 Å². The molecule has 3 rings (SSSR count). The summed E-state index contributed by atoms with van der Waals surface area (Å²) in [6, 6.07) is 13.5. The Morgan fingerprint density at radius 2 is 1.62 bits per heavy atom. The van der Waals surface area contributed by atoms with Crippen LogP contribution < -0.4 is 9.47 Å². The molecule has 1 fully saturated rings. The number of likely N-dealkylation sites (N-methyl/N-ethyl adjacent to an activating group) is 1. The van der Waals surface area contributed by atoms with Crippen molar-refractivity contribution in [3.63, 3.8) is 0 Å². The Balaban J connectivity index is 2.00. The van der Waals surface area contributed by atoms with E-state index in [4.69, 9.17) is 9.47 Å². The van der Waals surface area contributed by atoms with Gasteiger partial charge in [0.25, 0.3) is 11.7 Å². The number of hydrogen-bond donors (Lipinski definition) is 1. The molecule has 1 saturated heterocycles. The molecule has 1 aliphatic rings. The van der Waals surface area contributed by atoms with E-state index in [1.54, 1.807) is 47.4 Å². The zero-order chi connectivity index (χ0) is 26.9. The summed E-state index contributed by atoms with van der Waals surface area (Å²) in [5, 5.41) is 11.3. The maximum atomic E-state index is 13.3. The second-order valence-corrected chi connectivity index (χ2v) is 9.42. The van der Waals surface area contributed by atoms with Crippen molar-refractivity contribution in [3.8, 4) is 11.5 Å². The van der Waals surface area contributed by atoms with E-state index >= 15 is 0 Å². The Morgan fingerprint density at radius 3 is 2.19 bits per heavy atom. The minimum absolute atomic E-state index is 0.0835. The molecular formula is C30H38N2O5. The molecule has 1 atom stereocenters. The van der Waals surface area contributed by atoms with E-state index in [0.29, 0.717) is 49.3 Å². The highest BCUT2D eigenvalue weighted by Gasteiger charge is 2.46. The molecule has 37 heavy (non-hydrogen) atoms. The minimum Gasteiger partial charge on any atom is -0.507 e. The first kappa shape index (κ1) is 28.0. The van der Waals surface area contributed by atoms with E-state index in [2.05, 4.69) is 39.2 Å². The van der Waals surface area contributed by atoms with Crippen molar-refractivity contribution in [1.29, 1.82) is 0 Å². The molecule has 0 bridgehead atoms. The van der Waals surface area contributed by atoms with Crippen molar-refractivity contribution < 1.29 is 24.2 Å². The van der Waals surface area contributed by atoms with Gasteiger partial charge >= 0.3 is 0 Å². The zero-order valence-electron chi connectivity index (χ0n) is 22.3. The lowest BCUT2D eigenvalue weighted by atomic mass is 9.95. The molecule has 2 aromatic carbocycles. The molecule has 2 aromatic rings. The molecule has 0 radical (unpaired) electrons. The highest BCUT2D eigenvalue weighted by molar-refractivity contribution is 6.46. The van der Waals surface area contributed by atoms with Gasteiger partial charge in [-0.25, -0.2) is 0 Å². The number of ether oxygens (including phenoxy) is 2. The molecule has 7 heteroatoms. The Kier molecular flexibility index (Phi) is 9.92.